The van der Waals surface area contributed by atoms with Crippen LogP contribution in [0.2, 0.25) is 5.02 Å². The van der Waals surface area contributed by atoms with Crippen LogP contribution in [0.5, 0.6) is 0 Å². The number of anilines is 1. The molecular weight excluding hydrogens is 308 g/mol. The predicted octanol–water partition coefficient (Wildman–Crippen LogP) is 1.36. The fraction of sp³-hybridized carbons (Fsp3) is 0.385. The minimum Gasteiger partial charge on any atom is -0.364 e. The van der Waals surface area contributed by atoms with Crippen molar-refractivity contribution in [3.8, 4) is 0 Å². The minimum atomic E-state index is -0.652. The van der Waals surface area contributed by atoms with Crippen molar-refractivity contribution in [3.63, 3.8) is 0 Å². The van der Waals surface area contributed by atoms with Gasteiger partial charge in [0.15, 0.2) is 0 Å². The van der Waals surface area contributed by atoms with Crippen LogP contribution in [-0.4, -0.2) is 31.4 Å². The highest BCUT2D eigenvalue weighted by Crippen LogP contribution is 2.20. The van der Waals surface area contributed by atoms with Crippen molar-refractivity contribution in [1.82, 2.24) is 19.6 Å². The minimum absolute atomic E-state index is 0.165. The highest BCUT2D eigenvalue weighted by Gasteiger charge is 2.22. The lowest BCUT2D eigenvalue weighted by Gasteiger charge is -2.14. The zero-order valence-electron chi connectivity index (χ0n) is 12.5. The molecule has 9 heteroatoms. The van der Waals surface area contributed by atoms with E-state index >= 15 is 0 Å². The summed E-state index contributed by atoms with van der Waals surface area (Å²) in [5, 5.41) is 11.2. The molecule has 2 heterocycles. The zero-order valence-corrected chi connectivity index (χ0v) is 13.3. The Morgan fingerprint density at radius 3 is 2.59 bits per heavy atom. The Bertz CT molecular complexity index is 720. The average molecular weight is 325 g/mol. The van der Waals surface area contributed by atoms with E-state index in [1.165, 1.54) is 21.8 Å². The molecule has 0 aromatic carbocycles. The van der Waals surface area contributed by atoms with Gasteiger partial charge in [-0.3, -0.25) is 19.0 Å². The normalized spacial score (nSPS) is 12.2. The Morgan fingerprint density at radius 1 is 1.41 bits per heavy atom. The highest BCUT2D eigenvalue weighted by atomic mass is 35.5. The third-order valence-electron chi connectivity index (χ3n) is 3.36. The maximum absolute atomic E-state index is 12.3. The summed E-state index contributed by atoms with van der Waals surface area (Å²) in [4.78, 5) is 23.9. The van der Waals surface area contributed by atoms with Crippen molar-refractivity contribution < 1.29 is 9.59 Å². The molecule has 8 nitrogen and oxygen atoms in total. The number of aryl methyl sites for hydroxylation is 1. The number of hydrogen-bond donors (Lipinski definition) is 2. The van der Waals surface area contributed by atoms with Crippen LogP contribution in [0.4, 0.5) is 5.69 Å². The Morgan fingerprint density at radius 2 is 2.09 bits per heavy atom. The van der Waals surface area contributed by atoms with Gasteiger partial charge in [-0.2, -0.15) is 10.2 Å². The van der Waals surface area contributed by atoms with Crippen LogP contribution in [-0.2, 0) is 11.3 Å². The van der Waals surface area contributed by atoms with Crippen LogP contribution in [0, 0.1) is 6.92 Å². The Balaban J connectivity index is 2.24. The molecule has 0 aliphatic rings. The summed E-state index contributed by atoms with van der Waals surface area (Å²) < 4.78 is 2.94. The lowest BCUT2D eigenvalue weighted by atomic mass is 10.2. The molecule has 1 atom stereocenters. The van der Waals surface area contributed by atoms with Gasteiger partial charge in [0.2, 0.25) is 5.91 Å². The van der Waals surface area contributed by atoms with Gasteiger partial charge in [0, 0.05) is 6.54 Å². The number of rotatable bonds is 5. The summed E-state index contributed by atoms with van der Waals surface area (Å²) >= 11 is 5.94. The van der Waals surface area contributed by atoms with E-state index in [1.54, 1.807) is 13.8 Å². The molecule has 2 amide bonds. The molecule has 0 spiro atoms. The molecule has 2 aromatic rings. The maximum atomic E-state index is 12.3. The van der Waals surface area contributed by atoms with E-state index in [1.807, 2.05) is 6.92 Å². The molecule has 0 radical (unpaired) electrons. The average Bonchev–Trinajstić information content (AvgIpc) is 3.02. The summed E-state index contributed by atoms with van der Waals surface area (Å²) in [5.74, 6) is -0.998. The fourth-order valence-electron chi connectivity index (χ4n) is 2.12. The number of hydrogen-bond acceptors (Lipinski definition) is 4. The first kappa shape index (κ1) is 16.0. The second kappa shape index (κ2) is 6.18. The lowest BCUT2D eigenvalue weighted by molar-refractivity contribution is -0.119. The number of halogens is 1. The van der Waals surface area contributed by atoms with Gasteiger partial charge in [-0.15, -0.1) is 0 Å². The second-order valence-corrected chi connectivity index (χ2v) is 5.18. The number of nitrogens with one attached hydrogen (secondary N) is 1. The molecule has 2 aromatic heterocycles. The van der Waals surface area contributed by atoms with Gasteiger partial charge in [0.05, 0.1) is 28.8 Å². The van der Waals surface area contributed by atoms with Gasteiger partial charge in [-0.05, 0) is 20.8 Å². The van der Waals surface area contributed by atoms with Crippen molar-refractivity contribution in [2.24, 2.45) is 5.73 Å². The Hall–Kier alpha value is -2.35. The van der Waals surface area contributed by atoms with Gasteiger partial charge in [0.1, 0.15) is 11.7 Å². The van der Waals surface area contributed by atoms with E-state index in [-0.39, 0.29) is 17.3 Å². The van der Waals surface area contributed by atoms with Gasteiger partial charge in [-0.25, -0.2) is 0 Å². The number of nitrogens with zero attached hydrogens (tertiary/aromatic N) is 4. The topological polar surface area (TPSA) is 108 Å². The molecule has 22 heavy (non-hydrogen) atoms. The first-order chi connectivity index (χ1) is 10.4. The molecular formula is C13H17ClN6O2. The highest BCUT2D eigenvalue weighted by molar-refractivity contribution is 6.31. The summed E-state index contributed by atoms with van der Waals surface area (Å²) in [7, 11) is 0. The van der Waals surface area contributed by atoms with Crippen LogP contribution >= 0.6 is 11.6 Å². The first-order valence-electron chi connectivity index (χ1n) is 6.72. The zero-order chi connectivity index (χ0) is 16.4. The van der Waals surface area contributed by atoms with Gasteiger partial charge >= 0.3 is 0 Å². The van der Waals surface area contributed by atoms with Gasteiger partial charge in [0.25, 0.3) is 5.91 Å². The Labute approximate surface area is 132 Å². The van der Waals surface area contributed by atoms with Crippen molar-refractivity contribution in [2.75, 3.05) is 5.32 Å². The van der Waals surface area contributed by atoms with E-state index in [9.17, 15) is 9.59 Å². The van der Waals surface area contributed by atoms with Crippen LogP contribution in [0.1, 0.15) is 36.1 Å². The predicted molar refractivity (Wildman–Crippen MR) is 81.7 cm³/mol. The maximum Gasteiger partial charge on any atom is 0.269 e. The smallest absolute Gasteiger partial charge is 0.269 e. The van der Waals surface area contributed by atoms with Gasteiger partial charge in [-0.1, -0.05) is 11.6 Å². The number of aromatic nitrogens is 4. The number of nitrogens with two attached hydrogens (primary N) is 1. The molecule has 2 rings (SSSR count). The molecule has 0 bridgehead atoms. The van der Waals surface area contributed by atoms with Crippen LogP contribution < -0.4 is 11.1 Å². The van der Waals surface area contributed by atoms with Crippen LogP contribution in [0.25, 0.3) is 0 Å². The van der Waals surface area contributed by atoms with Crippen LogP contribution in [0.3, 0.4) is 0 Å². The van der Waals surface area contributed by atoms with E-state index in [2.05, 4.69) is 15.5 Å². The molecule has 0 unspecified atom stereocenters. The number of primary amides is 1. The number of amides is 2. The van der Waals surface area contributed by atoms with E-state index in [4.69, 9.17) is 17.3 Å². The van der Waals surface area contributed by atoms with Crippen LogP contribution in [0.15, 0.2) is 12.4 Å². The summed E-state index contributed by atoms with van der Waals surface area (Å²) in [6.45, 7) is 5.74. The third kappa shape index (κ3) is 2.82. The fourth-order valence-corrected chi connectivity index (χ4v) is 2.25. The molecule has 0 saturated heterocycles. The van der Waals surface area contributed by atoms with E-state index < -0.39 is 11.9 Å². The molecule has 3 N–H and O–H groups in total. The largest absolute Gasteiger partial charge is 0.364 e. The molecule has 118 valence electrons. The second-order valence-electron chi connectivity index (χ2n) is 4.77. The molecule has 0 aliphatic heterocycles. The first-order valence-corrected chi connectivity index (χ1v) is 7.10. The van der Waals surface area contributed by atoms with Crippen molar-refractivity contribution in [2.45, 2.75) is 33.4 Å². The van der Waals surface area contributed by atoms with E-state index in [0.717, 1.165) is 0 Å². The summed E-state index contributed by atoms with van der Waals surface area (Å²) in [5.41, 5.74) is 6.47. The van der Waals surface area contributed by atoms with Crippen molar-refractivity contribution in [1.29, 1.82) is 0 Å². The standard InChI is InChI=1S/C13H17ClN6O2/c1-4-19-11(12(15)21)10(6-16-19)18-13(22)8(3)20-7(2)9(14)5-17-20/h5-6,8H,4H2,1-3H3,(H2,15,21)(H,18,22)/t8-/m0/s1. The van der Waals surface area contributed by atoms with E-state index in [0.29, 0.717) is 17.3 Å². The number of carbonyl (C=O) groups excluding carboxylic acids is 2. The summed E-state index contributed by atoms with van der Waals surface area (Å²) in [6, 6.07) is -0.599. The number of carbonyl (C=O) groups is 2. The lowest BCUT2D eigenvalue weighted by Crippen LogP contribution is -2.27. The van der Waals surface area contributed by atoms with Gasteiger partial charge < -0.3 is 11.1 Å². The molecule has 0 fully saturated rings. The third-order valence-corrected chi connectivity index (χ3v) is 3.73. The Kier molecular flexibility index (Phi) is 4.51. The SMILES string of the molecule is CCn1ncc(NC(=O)[C@H](C)n2ncc(Cl)c2C)c1C(N)=O. The quantitative estimate of drug-likeness (QED) is 0.865. The monoisotopic (exact) mass is 324 g/mol. The van der Waals surface area contributed by atoms with Crippen molar-refractivity contribution >= 4 is 29.1 Å². The molecule has 0 aliphatic carbocycles. The van der Waals surface area contributed by atoms with Crippen molar-refractivity contribution in [3.05, 3.63) is 28.8 Å². The molecule has 0 saturated carbocycles. The summed E-state index contributed by atoms with van der Waals surface area (Å²) in [6.07, 6.45) is 2.88.